The van der Waals surface area contributed by atoms with Crippen molar-refractivity contribution in [2.24, 2.45) is 17.3 Å². The van der Waals surface area contributed by atoms with Gasteiger partial charge < -0.3 is 10.2 Å². The highest BCUT2D eigenvalue weighted by Crippen LogP contribution is 2.62. The van der Waals surface area contributed by atoms with E-state index in [4.69, 9.17) is 0 Å². The van der Waals surface area contributed by atoms with Gasteiger partial charge in [0.05, 0.1) is 11.8 Å². The zero-order valence-electron chi connectivity index (χ0n) is 17.7. The van der Waals surface area contributed by atoms with Gasteiger partial charge in [0, 0.05) is 23.7 Å². The van der Waals surface area contributed by atoms with Crippen LogP contribution in [-0.2, 0) is 13.0 Å². The number of nitrogens with zero attached hydrogens (tertiary/aromatic N) is 2. The van der Waals surface area contributed by atoms with Gasteiger partial charge in [-0.1, -0.05) is 13.0 Å². The molecule has 5 atom stereocenters. The van der Waals surface area contributed by atoms with Gasteiger partial charge >= 0.3 is 0 Å². The second kappa shape index (κ2) is 6.73. The van der Waals surface area contributed by atoms with Crippen LogP contribution >= 0.6 is 0 Å². The monoisotopic (exact) mass is 392 g/mol. The number of rotatable bonds is 2. The summed E-state index contributed by atoms with van der Waals surface area (Å²) in [7, 11) is 0. The Kier molecular flexibility index (Phi) is 4.39. The Morgan fingerprint density at radius 3 is 2.90 bits per heavy atom. The van der Waals surface area contributed by atoms with Gasteiger partial charge in [-0.15, -0.1) is 0 Å². The minimum atomic E-state index is -0.362. The normalized spacial score (nSPS) is 34.7. The molecule has 0 radical (unpaired) electrons. The lowest BCUT2D eigenvalue weighted by Gasteiger charge is -2.49. The fraction of sp³-hybridized carbons (Fsp3) is 0.560. The van der Waals surface area contributed by atoms with Crippen molar-refractivity contribution >= 4 is 6.08 Å². The number of fused-ring (bicyclic) bond motifs is 5. The highest BCUT2D eigenvalue weighted by Gasteiger charge is 2.56. The van der Waals surface area contributed by atoms with Gasteiger partial charge in [0.1, 0.15) is 5.75 Å². The topological polar surface area (TPSA) is 58.3 Å². The van der Waals surface area contributed by atoms with Crippen molar-refractivity contribution in [3.63, 3.8) is 0 Å². The summed E-state index contributed by atoms with van der Waals surface area (Å²) in [5.74, 6) is 2.08. The van der Waals surface area contributed by atoms with Gasteiger partial charge in [-0.2, -0.15) is 5.10 Å². The van der Waals surface area contributed by atoms with Gasteiger partial charge in [0.25, 0.3) is 0 Å². The van der Waals surface area contributed by atoms with Crippen LogP contribution in [0.1, 0.15) is 67.8 Å². The van der Waals surface area contributed by atoms with Crippen LogP contribution in [-0.4, -0.2) is 26.1 Å². The van der Waals surface area contributed by atoms with Crippen LogP contribution in [0.3, 0.4) is 0 Å². The number of phenols is 1. The maximum atomic E-state index is 11.4. The Morgan fingerprint density at radius 1 is 1.31 bits per heavy atom. The first-order valence-corrected chi connectivity index (χ1v) is 11.1. The third-order valence-electron chi connectivity index (χ3n) is 8.23. The van der Waals surface area contributed by atoms with Crippen LogP contribution in [0.2, 0.25) is 0 Å². The summed E-state index contributed by atoms with van der Waals surface area (Å²) in [6.45, 7) is 7.34. The van der Waals surface area contributed by atoms with Crippen LogP contribution in [0, 0.1) is 24.2 Å². The summed E-state index contributed by atoms with van der Waals surface area (Å²) < 4.78 is 1.97. The number of hydrogen-bond acceptors (Lipinski definition) is 3. The van der Waals surface area contributed by atoms with Crippen LogP contribution in [0.4, 0.5) is 0 Å². The standard InChI is InChI=1S/C25H32N2O2/c1-4-27-14-18(15(2)26-27)11-17-13-23-22-7-5-16-12-19(28)6-8-20(16)21(22)9-10-25(23,3)24(17)29/h6,8,11-12,14,21-24,28-29H,4-5,7,9-10,13H2,1-3H3/b17-11+. The summed E-state index contributed by atoms with van der Waals surface area (Å²) in [5.41, 5.74) is 6.10. The second-order valence-corrected chi connectivity index (χ2v) is 9.69. The molecule has 29 heavy (non-hydrogen) atoms. The molecule has 4 heteroatoms. The largest absolute Gasteiger partial charge is 0.508 e. The number of hydrogen-bond donors (Lipinski definition) is 2. The van der Waals surface area contributed by atoms with Crippen molar-refractivity contribution < 1.29 is 10.2 Å². The molecule has 3 aliphatic rings. The van der Waals surface area contributed by atoms with Crippen molar-refractivity contribution in [3.8, 4) is 5.75 Å². The molecule has 4 nitrogen and oxygen atoms in total. The van der Waals surface area contributed by atoms with Crippen LogP contribution in [0.25, 0.3) is 6.08 Å². The fourth-order valence-corrected chi connectivity index (χ4v) is 6.60. The first kappa shape index (κ1) is 18.9. The lowest BCUT2D eigenvalue weighted by molar-refractivity contribution is -0.0158. The predicted octanol–water partition coefficient (Wildman–Crippen LogP) is 4.83. The summed E-state index contributed by atoms with van der Waals surface area (Å²) in [6, 6.07) is 5.95. The third-order valence-corrected chi connectivity index (χ3v) is 8.23. The van der Waals surface area contributed by atoms with Crippen LogP contribution < -0.4 is 0 Å². The Labute approximate surface area is 173 Å². The van der Waals surface area contributed by atoms with Crippen LogP contribution in [0.5, 0.6) is 5.75 Å². The van der Waals surface area contributed by atoms with E-state index < -0.39 is 0 Å². The smallest absolute Gasteiger partial charge is 0.115 e. The van der Waals surface area contributed by atoms with E-state index in [0.29, 0.717) is 23.5 Å². The van der Waals surface area contributed by atoms with E-state index in [9.17, 15) is 10.2 Å². The molecule has 0 amide bonds. The fourth-order valence-electron chi connectivity index (χ4n) is 6.60. The molecule has 1 aromatic heterocycles. The summed E-state index contributed by atoms with van der Waals surface area (Å²) >= 11 is 0. The Morgan fingerprint density at radius 2 is 2.14 bits per heavy atom. The molecule has 1 aromatic carbocycles. The van der Waals surface area contributed by atoms with E-state index in [-0.39, 0.29) is 11.5 Å². The SMILES string of the molecule is CCn1cc(/C=C2\CC3C4CCc5cc(O)ccc5C4CCC3(C)C2O)c(C)n1. The van der Waals surface area contributed by atoms with Crippen molar-refractivity contribution in [3.05, 3.63) is 52.4 Å². The highest BCUT2D eigenvalue weighted by atomic mass is 16.3. The molecule has 3 aliphatic carbocycles. The van der Waals surface area contributed by atoms with E-state index in [1.165, 1.54) is 16.7 Å². The van der Waals surface area contributed by atoms with E-state index >= 15 is 0 Å². The van der Waals surface area contributed by atoms with Crippen molar-refractivity contribution in [1.82, 2.24) is 9.78 Å². The lowest BCUT2D eigenvalue weighted by atomic mass is 9.55. The minimum absolute atomic E-state index is 0.0317. The minimum Gasteiger partial charge on any atom is -0.508 e. The number of aryl methyl sites for hydroxylation is 3. The molecule has 2 N–H and O–H groups in total. The molecular weight excluding hydrogens is 360 g/mol. The molecule has 0 aliphatic heterocycles. The lowest BCUT2D eigenvalue weighted by Crippen LogP contribution is -2.44. The molecule has 0 spiro atoms. The average molecular weight is 393 g/mol. The van der Waals surface area contributed by atoms with Crippen molar-refractivity contribution in [2.75, 3.05) is 0 Å². The molecule has 0 bridgehead atoms. The summed E-state index contributed by atoms with van der Waals surface area (Å²) in [4.78, 5) is 0. The number of aliphatic hydroxyl groups is 1. The highest BCUT2D eigenvalue weighted by molar-refractivity contribution is 5.57. The molecule has 2 fully saturated rings. The van der Waals surface area contributed by atoms with Gasteiger partial charge in [0.15, 0.2) is 0 Å². The molecule has 5 unspecified atom stereocenters. The zero-order valence-corrected chi connectivity index (χ0v) is 17.7. The van der Waals surface area contributed by atoms with E-state index in [0.717, 1.165) is 49.9 Å². The molecule has 2 saturated carbocycles. The first-order valence-electron chi connectivity index (χ1n) is 11.1. The average Bonchev–Trinajstić information content (AvgIpc) is 3.19. The Balaban J connectivity index is 1.48. The quantitative estimate of drug-likeness (QED) is 0.770. The molecule has 5 rings (SSSR count). The molecule has 2 aromatic rings. The van der Waals surface area contributed by atoms with Gasteiger partial charge in [0.2, 0.25) is 0 Å². The molecular formula is C25H32N2O2. The second-order valence-electron chi connectivity index (χ2n) is 9.69. The van der Waals surface area contributed by atoms with E-state index in [2.05, 4.69) is 44.2 Å². The third kappa shape index (κ3) is 2.87. The maximum absolute atomic E-state index is 11.4. The number of aliphatic hydroxyl groups excluding tert-OH is 1. The number of phenolic OH excluding ortho intramolecular Hbond substituents is 1. The molecule has 0 saturated heterocycles. The van der Waals surface area contributed by atoms with Crippen molar-refractivity contribution in [2.45, 2.75) is 71.4 Å². The molecule has 1 heterocycles. The number of aromatic hydroxyl groups is 1. The van der Waals surface area contributed by atoms with Gasteiger partial charge in [-0.25, -0.2) is 0 Å². The Bertz CT molecular complexity index is 975. The number of benzene rings is 1. The van der Waals surface area contributed by atoms with Gasteiger partial charge in [-0.3, -0.25) is 4.68 Å². The molecule has 154 valence electrons. The van der Waals surface area contributed by atoms with E-state index in [1.54, 1.807) is 0 Å². The first-order chi connectivity index (χ1) is 13.9. The summed E-state index contributed by atoms with van der Waals surface area (Å²) in [5, 5.41) is 25.8. The van der Waals surface area contributed by atoms with Gasteiger partial charge in [-0.05, 0) is 98.6 Å². The van der Waals surface area contributed by atoms with Crippen molar-refractivity contribution in [1.29, 1.82) is 0 Å². The zero-order chi connectivity index (χ0) is 20.3. The Hall–Kier alpha value is -2.07. The van der Waals surface area contributed by atoms with Crippen LogP contribution in [0.15, 0.2) is 30.0 Å². The summed E-state index contributed by atoms with van der Waals surface area (Å²) in [6.07, 6.45) is 9.33. The van der Waals surface area contributed by atoms with E-state index in [1.807, 2.05) is 16.8 Å². The maximum Gasteiger partial charge on any atom is 0.115 e. The predicted molar refractivity (Wildman–Crippen MR) is 115 cm³/mol. The number of aromatic nitrogens is 2.